The number of ether oxygens (including phenoxy) is 1. The predicted molar refractivity (Wildman–Crippen MR) is 79.4 cm³/mol. The maximum atomic E-state index is 12.8. The number of nitrogens with zero attached hydrogens (tertiary/aromatic N) is 1. The van der Waals surface area contributed by atoms with E-state index in [4.69, 9.17) is 4.74 Å². The molecule has 1 atom stereocenters. The molecular weight excluding hydrogens is 252 g/mol. The fourth-order valence-corrected chi connectivity index (χ4v) is 2.68. The van der Waals surface area contributed by atoms with Gasteiger partial charge in [0.25, 0.3) is 0 Å². The van der Waals surface area contributed by atoms with Gasteiger partial charge in [0.2, 0.25) is 5.91 Å². The van der Waals surface area contributed by atoms with Crippen molar-refractivity contribution < 1.29 is 9.53 Å². The minimum atomic E-state index is -0.414. The molecule has 1 aromatic rings. The number of amides is 1. The predicted octanol–water partition coefficient (Wildman–Crippen LogP) is 1.80. The lowest BCUT2D eigenvalue weighted by molar-refractivity contribution is -0.138. The van der Waals surface area contributed by atoms with Gasteiger partial charge in [-0.25, -0.2) is 0 Å². The van der Waals surface area contributed by atoms with Crippen LogP contribution < -0.4 is 5.32 Å². The molecule has 2 rings (SSSR count). The second-order valence-electron chi connectivity index (χ2n) is 5.57. The van der Waals surface area contributed by atoms with Crippen LogP contribution in [0, 0.1) is 0 Å². The zero-order valence-corrected chi connectivity index (χ0v) is 12.4. The zero-order valence-electron chi connectivity index (χ0n) is 12.4. The second-order valence-corrected chi connectivity index (χ2v) is 5.57. The fraction of sp³-hybridized carbons (Fsp3) is 0.562. The second kappa shape index (κ2) is 6.86. The van der Waals surface area contributed by atoms with Crippen molar-refractivity contribution in [2.45, 2.75) is 31.8 Å². The van der Waals surface area contributed by atoms with Gasteiger partial charge in [-0.15, -0.1) is 0 Å². The van der Waals surface area contributed by atoms with E-state index in [9.17, 15) is 4.79 Å². The lowest BCUT2D eigenvalue weighted by Gasteiger charge is -2.32. The van der Waals surface area contributed by atoms with E-state index in [0.717, 1.165) is 24.9 Å². The summed E-state index contributed by atoms with van der Waals surface area (Å²) in [6.07, 6.45) is 1.97. The molecule has 110 valence electrons. The highest BCUT2D eigenvalue weighted by atomic mass is 16.5. The maximum Gasteiger partial charge on any atom is 0.242 e. The summed E-state index contributed by atoms with van der Waals surface area (Å²) in [7, 11) is 1.67. The summed E-state index contributed by atoms with van der Waals surface area (Å²) in [5.41, 5.74) is 0.737. The molecule has 0 bridgehead atoms. The molecule has 1 N–H and O–H groups in total. The molecule has 20 heavy (non-hydrogen) atoms. The lowest BCUT2D eigenvalue weighted by Crippen LogP contribution is -2.53. The van der Waals surface area contributed by atoms with E-state index >= 15 is 0 Å². The average Bonchev–Trinajstić information content (AvgIpc) is 2.92. The number of carbonyl (C=O) groups is 1. The highest BCUT2D eigenvalue weighted by Gasteiger charge is 2.38. The van der Waals surface area contributed by atoms with Crippen molar-refractivity contribution in [2.75, 3.05) is 26.8 Å². The van der Waals surface area contributed by atoms with Crippen LogP contribution >= 0.6 is 0 Å². The van der Waals surface area contributed by atoms with Crippen molar-refractivity contribution in [2.24, 2.45) is 0 Å². The molecule has 4 heteroatoms. The molecule has 1 aliphatic heterocycles. The van der Waals surface area contributed by atoms with E-state index in [0.29, 0.717) is 19.7 Å². The van der Waals surface area contributed by atoms with Gasteiger partial charge in [0.1, 0.15) is 0 Å². The van der Waals surface area contributed by atoms with Gasteiger partial charge in [-0.1, -0.05) is 30.3 Å². The van der Waals surface area contributed by atoms with Gasteiger partial charge in [-0.3, -0.25) is 4.79 Å². The van der Waals surface area contributed by atoms with E-state index in [2.05, 4.69) is 17.4 Å². The first-order valence-electron chi connectivity index (χ1n) is 7.23. The molecule has 1 fully saturated rings. The normalized spacial score (nSPS) is 21.9. The largest absolute Gasteiger partial charge is 0.383 e. The third-order valence-electron chi connectivity index (χ3n) is 3.91. The highest BCUT2D eigenvalue weighted by molar-refractivity contribution is 5.86. The molecule has 0 radical (unpaired) electrons. The molecule has 1 aromatic carbocycles. The van der Waals surface area contributed by atoms with Gasteiger partial charge < -0.3 is 15.0 Å². The Kier molecular flexibility index (Phi) is 5.15. The van der Waals surface area contributed by atoms with Crippen LogP contribution in [0.2, 0.25) is 0 Å². The van der Waals surface area contributed by atoms with Crippen LogP contribution in [0.3, 0.4) is 0 Å². The number of hydrogen-bond donors (Lipinski definition) is 1. The molecule has 1 heterocycles. The standard InChI is InChI=1S/C16H24N2O2/c1-16(9-6-10-17-16)15(19)18(11-12-20-2)13-14-7-4-3-5-8-14/h3-5,7-8,17H,6,9-13H2,1-2H3. The summed E-state index contributed by atoms with van der Waals surface area (Å²) in [6, 6.07) is 10.1. The molecule has 1 aliphatic rings. The van der Waals surface area contributed by atoms with Crippen molar-refractivity contribution in [3.63, 3.8) is 0 Å². The minimum Gasteiger partial charge on any atom is -0.383 e. The lowest BCUT2D eigenvalue weighted by atomic mass is 9.98. The molecule has 0 aliphatic carbocycles. The van der Waals surface area contributed by atoms with Crippen LogP contribution in [0.4, 0.5) is 0 Å². The SMILES string of the molecule is COCCN(Cc1ccccc1)C(=O)C1(C)CCCN1. The van der Waals surface area contributed by atoms with E-state index in [1.165, 1.54) is 0 Å². The molecule has 1 unspecified atom stereocenters. The van der Waals surface area contributed by atoms with Crippen molar-refractivity contribution >= 4 is 5.91 Å². The topological polar surface area (TPSA) is 41.6 Å². The van der Waals surface area contributed by atoms with Gasteiger partial charge in [0.15, 0.2) is 0 Å². The van der Waals surface area contributed by atoms with E-state index in [1.807, 2.05) is 30.0 Å². The van der Waals surface area contributed by atoms with E-state index in [1.54, 1.807) is 7.11 Å². The number of rotatable bonds is 6. The van der Waals surface area contributed by atoms with Gasteiger partial charge in [0, 0.05) is 20.2 Å². The number of benzene rings is 1. The van der Waals surface area contributed by atoms with Gasteiger partial charge in [0.05, 0.1) is 12.1 Å². The minimum absolute atomic E-state index is 0.177. The summed E-state index contributed by atoms with van der Waals surface area (Å²) in [5, 5.41) is 3.34. The van der Waals surface area contributed by atoms with Crippen LogP contribution in [-0.2, 0) is 16.1 Å². The summed E-state index contributed by atoms with van der Waals surface area (Å²) in [6.45, 7) is 4.76. The maximum absolute atomic E-state index is 12.8. The van der Waals surface area contributed by atoms with Gasteiger partial charge in [-0.2, -0.15) is 0 Å². The van der Waals surface area contributed by atoms with Crippen molar-refractivity contribution in [1.29, 1.82) is 0 Å². The zero-order chi connectivity index (χ0) is 14.4. The number of nitrogens with one attached hydrogen (secondary N) is 1. The first-order chi connectivity index (χ1) is 9.65. The number of hydrogen-bond acceptors (Lipinski definition) is 3. The van der Waals surface area contributed by atoms with Crippen molar-refractivity contribution in [1.82, 2.24) is 10.2 Å². The first kappa shape index (κ1) is 15.0. The van der Waals surface area contributed by atoms with E-state index in [-0.39, 0.29) is 5.91 Å². The molecule has 4 nitrogen and oxygen atoms in total. The number of carbonyl (C=O) groups excluding carboxylic acids is 1. The summed E-state index contributed by atoms with van der Waals surface area (Å²) in [5.74, 6) is 0.177. The Morgan fingerprint density at radius 2 is 2.15 bits per heavy atom. The van der Waals surface area contributed by atoms with Crippen molar-refractivity contribution in [3.8, 4) is 0 Å². The third kappa shape index (κ3) is 3.58. The monoisotopic (exact) mass is 276 g/mol. The van der Waals surface area contributed by atoms with Crippen LogP contribution in [0.15, 0.2) is 30.3 Å². The molecular formula is C16H24N2O2. The smallest absolute Gasteiger partial charge is 0.242 e. The quantitative estimate of drug-likeness (QED) is 0.861. The van der Waals surface area contributed by atoms with E-state index < -0.39 is 5.54 Å². The Morgan fingerprint density at radius 3 is 2.75 bits per heavy atom. The summed E-state index contributed by atoms with van der Waals surface area (Å²) >= 11 is 0. The highest BCUT2D eigenvalue weighted by Crippen LogP contribution is 2.22. The molecule has 0 spiro atoms. The van der Waals surface area contributed by atoms with Gasteiger partial charge >= 0.3 is 0 Å². The Hall–Kier alpha value is -1.39. The summed E-state index contributed by atoms with van der Waals surface area (Å²) in [4.78, 5) is 14.7. The summed E-state index contributed by atoms with van der Waals surface area (Å²) < 4.78 is 5.14. The molecule has 0 saturated carbocycles. The van der Waals surface area contributed by atoms with Crippen LogP contribution in [0.25, 0.3) is 0 Å². The van der Waals surface area contributed by atoms with Crippen LogP contribution in [0.1, 0.15) is 25.3 Å². The molecule has 0 aromatic heterocycles. The molecule has 1 amide bonds. The first-order valence-corrected chi connectivity index (χ1v) is 7.23. The fourth-order valence-electron chi connectivity index (χ4n) is 2.68. The molecule has 1 saturated heterocycles. The average molecular weight is 276 g/mol. The Labute approximate surface area is 121 Å². The third-order valence-corrected chi connectivity index (χ3v) is 3.91. The Bertz CT molecular complexity index is 427. The van der Waals surface area contributed by atoms with Gasteiger partial charge in [-0.05, 0) is 31.9 Å². The van der Waals surface area contributed by atoms with Crippen LogP contribution in [-0.4, -0.2) is 43.2 Å². The van der Waals surface area contributed by atoms with Crippen molar-refractivity contribution in [3.05, 3.63) is 35.9 Å². The van der Waals surface area contributed by atoms with Crippen LogP contribution in [0.5, 0.6) is 0 Å². The number of methoxy groups -OCH3 is 1. The Balaban J connectivity index is 2.08. The Morgan fingerprint density at radius 1 is 1.40 bits per heavy atom.